The van der Waals surface area contributed by atoms with Crippen LogP contribution in [0.2, 0.25) is 0 Å². The Hall–Kier alpha value is -4.41. The molecule has 0 saturated carbocycles. The van der Waals surface area contributed by atoms with Crippen LogP contribution < -0.4 is 16.4 Å². The van der Waals surface area contributed by atoms with Crippen LogP contribution in [0.5, 0.6) is 0 Å². The zero-order chi connectivity index (χ0) is 33.5. The van der Waals surface area contributed by atoms with Crippen LogP contribution in [0, 0.1) is 29.5 Å². The van der Waals surface area contributed by atoms with E-state index < -0.39 is 71.4 Å². The number of ketones is 2. The van der Waals surface area contributed by atoms with E-state index in [1.807, 2.05) is 44.2 Å². The predicted molar refractivity (Wildman–Crippen MR) is 166 cm³/mol. The number of ether oxygens (including phenoxy) is 1. The van der Waals surface area contributed by atoms with E-state index in [2.05, 4.69) is 10.6 Å². The maximum atomic E-state index is 13.5. The molecule has 4 atom stereocenters. The van der Waals surface area contributed by atoms with E-state index in [1.165, 1.54) is 18.2 Å². The van der Waals surface area contributed by atoms with Crippen molar-refractivity contribution in [1.82, 2.24) is 10.6 Å². The molecule has 0 spiro atoms. The van der Waals surface area contributed by atoms with Crippen molar-refractivity contribution in [2.75, 3.05) is 6.54 Å². The van der Waals surface area contributed by atoms with E-state index in [0.717, 1.165) is 5.56 Å². The highest BCUT2D eigenvalue weighted by Gasteiger charge is 2.34. The van der Waals surface area contributed by atoms with Crippen molar-refractivity contribution in [2.45, 2.75) is 72.4 Å². The predicted octanol–water partition coefficient (Wildman–Crippen LogP) is 3.44. The molecule has 0 saturated heterocycles. The van der Waals surface area contributed by atoms with Gasteiger partial charge in [-0.3, -0.25) is 28.8 Å². The monoisotopic (exact) mass is 625 g/mol. The Labute approximate surface area is 263 Å². The number of nitrogens with two attached hydrogens (primary N) is 1. The van der Waals surface area contributed by atoms with Gasteiger partial charge in [0.2, 0.25) is 17.6 Å². The number of hydrogen-bond acceptors (Lipinski definition) is 7. The summed E-state index contributed by atoms with van der Waals surface area (Å²) in [6, 6.07) is 13.5. The summed E-state index contributed by atoms with van der Waals surface area (Å²) < 4.78 is 18.9. The molecule has 0 fully saturated rings. The fraction of sp³-hybridized carbons (Fsp3) is 0.471. The van der Waals surface area contributed by atoms with Crippen molar-refractivity contribution < 1.29 is 37.9 Å². The first-order valence-electron chi connectivity index (χ1n) is 15.2. The largest absolute Gasteiger partial charge is 0.461 e. The average Bonchev–Trinajstić information content (AvgIpc) is 3.00. The molecule has 2 aromatic rings. The number of Topliss-reactive ketones (excluding diaryl/α,β-unsaturated/α-hetero) is 2. The minimum Gasteiger partial charge on any atom is -0.461 e. The topological polar surface area (TPSA) is 162 Å². The Morgan fingerprint density at radius 2 is 1.56 bits per heavy atom. The number of amides is 3. The second kappa shape index (κ2) is 18.4. The van der Waals surface area contributed by atoms with Crippen molar-refractivity contribution in [2.24, 2.45) is 29.4 Å². The molecule has 2 aromatic carbocycles. The molecule has 244 valence electrons. The van der Waals surface area contributed by atoms with Gasteiger partial charge in [0.1, 0.15) is 12.4 Å². The fourth-order valence-electron chi connectivity index (χ4n) is 4.80. The van der Waals surface area contributed by atoms with E-state index in [-0.39, 0.29) is 31.8 Å². The van der Waals surface area contributed by atoms with Gasteiger partial charge >= 0.3 is 5.97 Å². The SMILES string of the molecule is CC[C@H](C)C(NC(=O)[C@@H](CC(=O)OCc1ccccc1)CC(C)C)C(=O)C(=O)NCC(=O)C[C@@H](Cc1cccc(F)c1)C(N)=O. The van der Waals surface area contributed by atoms with Crippen molar-refractivity contribution >= 4 is 35.3 Å². The highest BCUT2D eigenvalue weighted by molar-refractivity contribution is 6.38. The number of nitrogens with one attached hydrogen (secondary N) is 2. The van der Waals surface area contributed by atoms with Crippen molar-refractivity contribution in [3.05, 3.63) is 71.5 Å². The number of esters is 1. The summed E-state index contributed by atoms with van der Waals surface area (Å²) in [7, 11) is 0. The second-order valence-corrected chi connectivity index (χ2v) is 11.8. The van der Waals surface area contributed by atoms with E-state index >= 15 is 0 Å². The zero-order valence-corrected chi connectivity index (χ0v) is 26.3. The van der Waals surface area contributed by atoms with E-state index in [9.17, 15) is 33.2 Å². The van der Waals surface area contributed by atoms with Crippen LogP contribution in [0.15, 0.2) is 54.6 Å². The van der Waals surface area contributed by atoms with Gasteiger partial charge in [0.15, 0.2) is 5.78 Å². The Bertz CT molecular complexity index is 1330. The molecular weight excluding hydrogens is 581 g/mol. The lowest BCUT2D eigenvalue weighted by Gasteiger charge is -2.26. The van der Waals surface area contributed by atoms with Crippen molar-refractivity contribution in [3.63, 3.8) is 0 Å². The first-order valence-corrected chi connectivity index (χ1v) is 15.2. The highest BCUT2D eigenvalue weighted by Crippen LogP contribution is 2.19. The van der Waals surface area contributed by atoms with Gasteiger partial charge in [-0.1, -0.05) is 76.6 Å². The molecule has 11 heteroatoms. The Balaban J connectivity index is 2.01. The number of benzene rings is 2. The number of carbonyl (C=O) groups excluding carboxylic acids is 6. The summed E-state index contributed by atoms with van der Waals surface area (Å²) in [6.45, 7) is 6.83. The lowest BCUT2D eigenvalue weighted by molar-refractivity contribution is -0.149. The smallest absolute Gasteiger partial charge is 0.306 e. The molecule has 3 amide bonds. The Morgan fingerprint density at radius 3 is 2.16 bits per heavy atom. The first-order chi connectivity index (χ1) is 21.3. The standard InChI is InChI=1S/C34H44FN3O7/c1-5-22(4)30(38-33(43)26(14-21(2)3)18-29(40)45-20-23-10-7-6-8-11-23)31(41)34(44)37-19-28(39)17-25(32(36)42)15-24-12-9-13-27(35)16-24/h6-13,16,21-22,25-26,30H,5,14-15,17-20H2,1-4H3,(H2,36,42)(H,37,44)(H,38,43)/t22-,25+,26+,30?/m0/s1. The van der Waals surface area contributed by atoms with Gasteiger partial charge in [0.25, 0.3) is 5.91 Å². The quantitative estimate of drug-likeness (QED) is 0.159. The average molecular weight is 626 g/mol. The summed E-state index contributed by atoms with van der Waals surface area (Å²) in [5.74, 6) is -7.02. The normalized spacial score (nSPS) is 13.6. The molecule has 2 rings (SSSR count). The van der Waals surface area contributed by atoms with Crippen molar-refractivity contribution in [1.29, 1.82) is 0 Å². The van der Waals surface area contributed by atoms with Gasteiger partial charge < -0.3 is 21.1 Å². The molecule has 0 aliphatic rings. The third-order valence-corrected chi connectivity index (χ3v) is 7.49. The maximum absolute atomic E-state index is 13.5. The van der Waals surface area contributed by atoms with Gasteiger partial charge in [0.05, 0.1) is 19.0 Å². The molecule has 0 radical (unpaired) electrons. The number of halogens is 1. The summed E-state index contributed by atoms with van der Waals surface area (Å²) >= 11 is 0. The molecule has 4 N–H and O–H groups in total. The van der Waals surface area contributed by atoms with Gasteiger partial charge in [0, 0.05) is 18.3 Å². The van der Waals surface area contributed by atoms with Crippen LogP contribution in [0.1, 0.15) is 64.5 Å². The molecule has 10 nitrogen and oxygen atoms in total. The molecule has 0 aliphatic carbocycles. The van der Waals surface area contributed by atoms with E-state index in [0.29, 0.717) is 18.4 Å². The summed E-state index contributed by atoms with van der Waals surface area (Å²) in [6.07, 6.45) is 0.326. The van der Waals surface area contributed by atoms with Gasteiger partial charge in [-0.15, -0.1) is 0 Å². The fourth-order valence-corrected chi connectivity index (χ4v) is 4.80. The Kier molecular flexibility index (Phi) is 15.0. The summed E-state index contributed by atoms with van der Waals surface area (Å²) in [4.78, 5) is 76.5. The summed E-state index contributed by atoms with van der Waals surface area (Å²) in [5, 5.41) is 4.95. The second-order valence-electron chi connectivity index (χ2n) is 11.8. The molecule has 0 aromatic heterocycles. The molecule has 1 unspecified atom stereocenters. The van der Waals surface area contributed by atoms with E-state index in [1.54, 1.807) is 19.9 Å². The van der Waals surface area contributed by atoms with Crippen LogP contribution >= 0.6 is 0 Å². The van der Waals surface area contributed by atoms with Crippen LogP contribution in [0.3, 0.4) is 0 Å². The molecule has 45 heavy (non-hydrogen) atoms. The lowest BCUT2D eigenvalue weighted by Crippen LogP contribution is -2.52. The van der Waals surface area contributed by atoms with Crippen molar-refractivity contribution in [3.8, 4) is 0 Å². The Morgan fingerprint density at radius 1 is 0.889 bits per heavy atom. The minimum absolute atomic E-state index is 0.0329. The maximum Gasteiger partial charge on any atom is 0.306 e. The van der Waals surface area contributed by atoms with Gasteiger partial charge in [-0.05, 0) is 47.9 Å². The van der Waals surface area contributed by atoms with Crippen LogP contribution in [-0.2, 0) is 46.5 Å². The summed E-state index contributed by atoms with van der Waals surface area (Å²) in [5.41, 5.74) is 6.73. The van der Waals surface area contributed by atoms with Gasteiger partial charge in [-0.25, -0.2) is 4.39 Å². The van der Waals surface area contributed by atoms with E-state index in [4.69, 9.17) is 10.5 Å². The molecular formula is C34H44FN3O7. The number of primary amides is 1. The third-order valence-electron chi connectivity index (χ3n) is 7.49. The lowest BCUT2D eigenvalue weighted by atomic mass is 9.90. The van der Waals surface area contributed by atoms with Crippen LogP contribution in [0.25, 0.3) is 0 Å². The van der Waals surface area contributed by atoms with Crippen LogP contribution in [-0.4, -0.2) is 47.8 Å². The third kappa shape index (κ3) is 13.0. The molecule has 0 bridgehead atoms. The number of carbonyl (C=O) groups is 6. The molecule has 0 aliphatic heterocycles. The first kappa shape index (κ1) is 36.8. The van der Waals surface area contributed by atoms with Crippen LogP contribution in [0.4, 0.5) is 4.39 Å². The highest BCUT2D eigenvalue weighted by atomic mass is 19.1. The number of rotatable bonds is 19. The minimum atomic E-state index is -1.20. The number of hydrogen-bond donors (Lipinski definition) is 3. The van der Waals surface area contributed by atoms with Gasteiger partial charge in [-0.2, -0.15) is 0 Å². The molecule has 0 heterocycles. The zero-order valence-electron chi connectivity index (χ0n) is 26.3.